The van der Waals surface area contributed by atoms with Crippen molar-refractivity contribution in [1.82, 2.24) is 14.8 Å². The number of benzene rings is 2. The average Bonchev–Trinajstić information content (AvgIpc) is 3.32. The van der Waals surface area contributed by atoms with E-state index in [-0.39, 0.29) is 35.7 Å². The number of halogens is 3. The molecule has 34 heavy (non-hydrogen) atoms. The van der Waals surface area contributed by atoms with Crippen molar-refractivity contribution in [2.75, 3.05) is 23.8 Å². The lowest BCUT2D eigenvalue weighted by molar-refractivity contribution is -0.384. The van der Waals surface area contributed by atoms with Crippen molar-refractivity contribution < 1.29 is 32.4 Å². The Morgan fingerprint density at radius 3 is 2.59 bits per heavy atom. The first-order chi connectivity index (χ1) is 16.1. The van der Waals surface area contributed by atoms with Crippen LogP contribution < -0.4 is 10.6 Å². The molecular weight excluding hydrogens is 461 g/mol. The van der Waals surface area contributed by atoms with E-state index >= 15 is 0 Å². The zero-order valence-electron chi connectivity index (χ0n) is 17.3. The fraction of sp³-hybridized carbons (Fsp3) is 0.200. The SMILES string of the molecule is O=C(COC(=O)CCNc1ccccc1[N+](=O)[O-])Nc1cc(C(F)(F)F)ccc1-n1cncn1. The summed E-state index contributed by atoms with van der Waals surface area (Å²) in [5.74, 6) is -1.66. The van der Waals surface area contributed by atoms with Crippen LogP contribution in [0.5, 0.6) is 0 Å². The standard InChI is InChI=1S/C20H17F3N6O5/c21-20(22,23)13-5-6-16(28-12-24-11-26-28)15(9-13)27-18(30)10-34-19(31)7-8-25-14-3-1-2-4-17(14)29(32)33/h1-6,9,11-12,25H,7-8,10H2,(H,27,30). The van der Waals surface area contributed by atoms with Crippen LogP contribution in [0.25, 0.3) is 5.69 Å². The van der Waals surface area contributed by atoms with Crippen LogP contribution >= 0.6 is 0 Å². The maximum Gasteiger partial charge on any atom is 0.416 e. The molecule has 14 heteroatoms. The van der Waals surface area contributed by atoms with Crippen molar-refractivity contribution in [1.29, 1.82) is 0 Å². The van der Waals surface area contributed by atoms with Gasteiger partial charge in [-0.1, -0.05) is 12.1 Å². The Bertz CT molecular complexity index is 1180. The number of aromatic nitrogens is 3. The number of anilines is 2. The first-order valence-corrected chi connectivity index (χ1v) is 9.64. The van der Waals surface area contributed by atoms with Gasteiger partial charge < -0.3 is 15.4 Å². The van der Waals surface area contributed by atoms with Gasteiger partial charge in [0, 0.05) is 12.6 Å². The predicted molar refractivity (Wildman–Crippen MR) is 112 cm³/mol. The second-order valence-electron chi connectivity index (χ2n) is 6.73. The van der Waals surface area contributed by atoms with Crippen LogP contribution in [0.15, 0.2) is 55.1 Å². The van der Waals surface area contributed by atoms with Gasteiger partial charge in [-0.05, 0) is 24.3 Å². The maximum atomic E-state index is 13.1. The first kappa shape index (κ1) is 24.2. The summed E-state index contributed by atoms with van der Waals surface area (Å²) in [4.78, 5) is 38.2. The number of esters is 1. The number of nitro groups is 1. The molecule has 11 nitrogen and oxygen atoms in total. The van der Waals surface area contributed by atoms with Crippen LogP contribution in [-0.4, -0.2) is 44.7 Å². The molecule has 0 saturated heterocycles. The molecule has 1 amide bonds. The lowest BCUT2D eigenvalue weighted by Crippen LogP contribution is -2.23. The normalized spacial score (nSPS) is 11.0. The van der Waals surface area contributed by atoms with E-state index in [9.17, 15) is 32.9 Å². The third kappa shape index (κ3) is 6.27. The van der Waals surface area contributed by atoms with Gasteiger partial charge in [-0.15, -0.1) is 0 Å². The van der Waals surface area contributed by atoms with Gasteiger partial charge in [-0.25, -0.2) is 9.67 Å². The van der Waals surface area contributed by atoms with E-state index in [0.29, 0.717) is 0 Å². The number of hydrogen-bond donors (Lipinski definition) is 2. The van der Waals surface area contributed by atoms with E-state index < -0.39 is 35.1 Å². The third-order valence-corrected chi connectivity index (χ3v) is 4.37. The third-order valence-electron chi connectivity index (χ3n) is 4.37. The number of alkyl halides is 3. The van der Waals surface area contributed by atoms with E-state index in [4.69, 9.17) is 4.74 Å². The topological polar surface area (TPSA) is 141 Å². The molecule has 178 valence electrons. The number of hydrogen-bond acceptors (Lipinski definition) is 8. The Morgan fingerprint density at radius 2 is 1.91 bits per heavy atom. The summed E-state index contributed by atoms with van der Waals surface area (Å²) in [6.45, 7) is -0.757. The summed E-state index contributed by atoms with van der Waals surface area (Å²) < 4.78 is 45.3. The number of nitro benzene ring substituents is 1. The van der Waals surface area contributed by atoms with E-state index in [1.165, 1.54) is 30.9 Å². The molecule has 3 aromatic rings. The number of rotatable bonds is 9. The van der Waals surface area contributed by atoms with Gasteiger partial charge in [0.25, 0.3) is 11.6 Å². The Labute approximate surface area is 189 Å². The van der Waals surface area contributed by atoms with Crippen molar-refractivity contribution in [2.24, 2.45) is 0 Å². The molecule has 1 heterocycles. The molecule has 0 aliphatic heterocycles. The highest BCUT2D eigenvalue weighted by Gasteiger charge is 2.31. The van der Waals surface area contributed by atoms with Crippen molar-refractivity contribution in [2.45, 2.75) is 12.6 Å². The fourth-order valence-electron chi connectivity index (χ4n) is 2.83. The first-order valence-electron chi connectivity index (χ1n) is 9.64. The van der Waals surface area contributed by atoms with Gasteiger partial charge in [0.1, 0.15) is 18.3 Å². The fourth-order valence-corrected chi connectivity index (χ4v) is 2.83. The highest BCUT2D eigenvalue weighted by molar-refractivity contribution is 5.94. The number of carbonyl (C=O) groups excluding carboxylic acids is 2. The van der Waals surface area contributed by atoms with Crippen LogP contribution in [0.2, 0.25) is 0 Å². The molecule has 1 aromatic heterocycles. The average molecular weight is 478 g/mol. The van der Waals surface area contributed by atoms with Gasteiger partial charge in [-0.2, -0.15) is 18.3 Å². The molecule has 0 radical (unpaired) electrons. The van der Waals surface area contributed by atoms with Gasteiger partial charge >= 0.3 is 12.1 Å². The summed E-state index contributed by atoms with van der Waals surface area (Å²) in [7, 11) is 0. The summed E-state index contributed by atoms with van der Waals surface area (Å²) in [6, 6.07) is 8.52. The summed E-state index contributed by atoms with van der Waals surface area (Å²) >= 11 is 0. The summed E-state index contributed by atoms with van der Waals surface area (Å²) in [6.07, 6.45) is -2.45. The number of para-hydroxylation sites is 2. The summed E-state index contributed by atoms with van der Waals surface area (Å²) in [5, 5.41) is 19.8. The van der Waals surface area contributed by atoms with E-state index in [1.54, 1.807) is 6.07 Å². The highest BCUT2D eigenvalue weighted by atomic mass is 19.4. The van der Waals surface area contributed by atoms with Crippen LogP contribution in [0.1, 0.15) is 12.0 Å². The van der Waals surface area contributed by atoms with Crippen LogP contribution in [0, 0.1) is 10.1 Å². The molecule has 0 spiro atoms. The van der Waals surface area contributed by atoms with Crippen molar-refractivity contribution in [3.63, 3.8) is 0 Å². The Kier molecular flexibility index (Phi) is 7.40. The quantitative estimate of drug-likeness (QED) is 0.271. The second kappa shape index (κ2) is 10.4. The van der Waals surface area contributed by atoms with Gasteiger partial charge in [0.05, 0.1) is 28.3 Å². The van der Waals surface area contributed by atoms with Crippen molar-refractivity contribution >= 4 is 28.9 Å². The number of nitrogens with one attached hydrogen (secondary N) is 2. The molecule has 2 aromatic carbocycles. The van der Waals surface area contributed by atoms with Gasteiger partial charge in [-0.3, -0.25) is 19.7 Å². The number of carbonyl (C=O) groups is 2. The van der Waals surface area contributed by atoms with Crippen molar-refractivity contribution in [3.8, 4) is 5.69 Å². The molecule has 2 N–H and O–H groups in total. The second-order valence-corrected chi connectivity index (χ2v) is 6.73. The van der Waals surface area contributed by atoms with Crippen LogP contribution in [0.4, 0.5) is 30.2 Å². The monoisotopic (exact) mass is 478 g/mol. The number of ether oxygens (including phenoxy) is 1. The number of nitrogens with zero attached hydrogens (tertiary/aromatic N) is 4. The molecule has 0 atom stereocenters. The minimum absolute atomic E-state index is 0.00458. The van der Waals surface area contributed by atoms with Gasteiger partial charge in [0.2, 0.25) is 0 Å². The zero-order chi connectivity index (χ0) is 24.7. The minimum Gasteiger partial charge on any atom is -0.456 e. The Morgan fingerprint density at radius 1 is 1.15 bits per heavy atom. The molecular formula is C20H17F3N6O5. The van der Waals surface area contributed by atoms with E-state index in [1.807, 2.05) is 0 Å². The molecule has 0 fully saturated rings. The number of amides is 1. The van der Waals surface area contributed by atoms with Crippen LogP contribution in [-0.2, 0) is 20.5 Å². The Balaban J connectivity index is 1.56. The molecule has 0 bridgehead atoms. The largest absolute Gasteiger partial charge is 0.456 e. The molecule has 3 rings (SSSR count). The molecule has 0 saturated carbocycles. The van der Waals surface area contributed by atoms with Crippen LogP contribution in [0.3, 0.4) is 0 Å². The van der Waals surface area contributed by atoms with Crippen molar-refractivity contribution in [3.05, 3.63) is 70.8 Å². The van der Waals surface area contributed by atoms with E-state index in [0.717, 1.165) is 22.9 Å². The predicted octanol–water partition coefficient (Wildman–Crippen LogP) is 3.18. The lowest BCUT2D eigenvalue weighted by Gasteiger charge is -2.14. The smallest absolute Gasteiger partial charge is 0.416 e. The molecule has 0 aliphatic rings. The minimum atomic E-state index is -4.65. The maximum absolute atomic E-state index is 13.1. The van der Waals surface area contributed by atoms with E-state index in [2.05, 4.69) is 20.7 Å². The zero-order valence-corrected chi connectivity index (χ0v) is 17.3. The molecule has 0 unspecified atom stereocenters. The highest BCUT2D eigenvalue weighted by Crippen LogP contribution is 2.33. The molecule has 0 aliphatic carbocycles. The van der Waals surface area contributed by atoms with Gasteiger partial charge in [0.15, 0.2) is 6.61 Å². The summed E-state index contributed by atoms with van der Waals surface area (Å²) in [5.41, 5.74) is -1.04. The lowest BCUT2D eigenvalue weighted by atomic mass is 10.1. The Hall–Kier alpha value is -4.49.